The average molecular weight is 348 g/mol. The minimum absolute atomic E-state index is 0.157. The van der Waals surface area contributed by atoms with E-state index in [1.807, 2.05) is 24.3 Å². The fraction of sp³-hybridized carbons (Fsp3) is 0.235. The largest absolute Gasteiger partial charge is 0.494 e. The maximum absolute atomic E-state index is 10.9. The summed E-state index contributed by atoms with van der Waals surface area (Å²) in [7, 11) is -4.17. The van der Waals surface area contributed by atoms with Crippen molar-refractivity contribution in [1.82, 2.24) is 0 Å². The smallest absolute Gasteiger partial charge is 0.294 e. The molecule has 2 N–H and O–H groups in total. The summed E-state index contributed by atoms with van der Waals surface area (Å²) in [6, 6.07) is 13.2. The Hall–Kier alpha value is -2.38. The maximum Gasteiger partial charge on any atom is 0.294 e. The van der Waals surface area contributed by atoms with Gasteiger partial charge in [-0.15, -0.1) is 0 Å². The van der Waals surface area contributed by atoms with Crippen LogP contribution < -0.4 is 10.2 Å². The van der Waals surface area contributed by atoms with Crippen LogP contribution in [-0.4, -0.2) is 25.8 Å². The summed E-state index contributed by atoms with van der Waals surface area (Å²) < 4.78 is 36.4. The van der Waals surface area contributed by atoms with Crippen molar-refractivity contribution in [2.24, 2.45) is 5.10 Å². The maximum atomic E-state index is 10.9. The molecule has 2 aromatic rings. The van der Waals surface area contributed by atoms with Gasteiger partial charge in [-0.2, -0.15) is 13.5 Å². The zero-order chi connectivity index (χ0) is 17.4. The van der Waals surface area contributed by atoms with Gasteiger partial charge in [0, 0.05) is 0 Å². The first-order valence-corrected chi connectivity index (χ1v) is 9.02. The molecule has 128 valence electrons. The number of ether oxygens (including phenoxy) is 1. The number of nitrogens with one attached hydrogen (secondary N) is 1. The van der Waals surface area contributed by atoms with Crippen LogP contribution in [0.5, 0.6) is 5.75 Å². The van der Waals surface area contributed by atoms with Crippen LogP contribution in [0.15, 0.2) is 58.5 Å². The molecule has 7 heteroatoms. The molecular formula is C17H20N2O4S. The molecule has 24 heavy (non-hydrogen) atoms. The van der Waals surface area contributed by atoms with Crippen LogP contribution in [0.25, 0.3) is 0 Å². The molecule has 0 saturated heterocycles. The van der Waals surface area contributed by atoms with Crippen LogP contribution in [0.3, 0.4) is 0 Å². The van der Waals surface area contributed by atoms with Gasteiger partial charge in [-0.25, -0.2) is 0 Å². The van der Waals surface area contributed by atoms with E-state index in [0.717, 1.165) is 24.2 Å². The minimum atomic E-state index is -4.17. The van der Waals surface area contributed by atoms with Gasteiger partial charge in [-0.1, -0.05) is 13.3 Å². The quantitative estimate of drug-likeness (QED) is 0.330. The molecule has 2 aromatic carbocycles. The second-order valence-corrected chi connectivity index (χ2v) is 6.56. The Bertz CT molecular complexity index is 769. The fourth-order valence-corrected chi connectivity index (χ4v) is 2.35. The summed E-state index contributed by atoms with van der Waals surface area (Å²) >= 11 is 0. The highest BCUT2D eigenvalue weighted by Gasteiger charge is 2.07. The van der Waals surface area contributed by atoms with Crippen LogP contribution in [0.4, 0.5) is 5.69 Å². The molecule has 0 aliphatic heterocycles. The van der Waals surface area contributed by atoms with Crippen molar-refractivity contribution < 1.29 is 17.7 Å². The van der Waals surface area contributed by atoms with Crippen molar-refractivity contribution in [3.63, 3.8) is 0 Å². The topological polar surface area (TPSA) is 88.0 Å². The molecule has 0 radical (unpaired) electrons. The Kier molecular flexibility index (Phi) is 6.34. The first-order valence-electron chi connectivity index (χ1n) is 7.58. The van der Waals surface area contributed by atoms with Gasteiger partial charge in [0.1, 0.15) is 5.75 Å². The number of rotatable bonds is 8. The average Bonchev–Trinajstić information content (AvgIpc) is 2.56. The Morgan fingerprint density at radius 1 is 1.12 bits per heavy atom. The highest BCUT2D eigenvalue weighted by atomic mass is 32.2. The van der Waals surface area contributed by atoms with E-state index in [1.165, 1.54) is 24.3 Å². The first kappa shape index (κ1) is 18.0. The third-order valence-electron chi connectivity index (χ3n) is 3.21. The van der Waals surface area contributed by atoms with Crippen LogP contribution in [0, 0.1) is 0 Å². The van der Waals surface area contributed by atoms with Gasteiger partial charge in [0.05, 0.1) is 23.4 Å². The molecule has 0 spiro atoms. The van der Waals surface area contributed by atoms with Crippen molar-refractivity contribution in [3.05, 3.63) is 54.1 Å². The predicted molar refractivity (Wildman–Crippen MR) is 94.3 cm³/mol. The lowest BCUT2D eigenvalue weighted by Crippen LogP contribution is -1.98. The molecule has 0 fully saturated rings. The summed E-state index contributed by atoms with van der Waals surface area (Å²) in [5, 5.41) is 4.08. The number of hydrazone groups is 1. The zero-order valence-electron chi connectivity index (χ0n) is 13.3. The number of benzene rings is 2. The Labute approximate surface area is 141 Å². The molecule has 0 atom stereocenters. The predicted octanol–water partition coefficient (Wildman–Crippen LogP) is 3.56. The third-order valence-corrected chi connectivity index (χ3v) is 4.07. The van der Waals surface area contributed by atoms with Gasteiger partial charge >= 0.3 is 0 Å². The molecule has 0 aliphatic carbocycles. The molecule has 0 aliphatic rings. The van der Waals surface area contributed by atoms with E-state index in [4.69, 9.17) is 9.29 Å². The lowest BCUT2D eigenvalue weighted by atomic mass is 10.2. The molecule has 0 saturated carbocycles. The standard InChI is InChI=1S/C17H20N2O4S/c1-2-3-12-23-16-8-4-14(5-9-16)13-18-19-15-6-10-17(11-7-15)24(20,21)22/h4-11,13,19H,2-3,12H2,1H3,(H,20,21,22)/b18-13-. The van der Waals surface area contributed by atoms with Gasteiger partial charge < -0.3 is 4.74 Å². The van der Waals surface area contributed by atoms with Gasteiger partial charge in [-0.3, -0.25) is 9.98 Å². The van der Waals surface area contributed by atoms with E-state index < -0.39 is 10.1 Å². The monoisotopic (exact) mass is 348 g/mol. The Morgan fingerprint density at radius 3 is 2.38 bits per heavy atom. The summed E-state index contributed by atoms with van der Waals surface area (Å²) in [6.07, 6.45) is 3.78. The summed E-state index contributed by atoms with van der Waals surface area (Å²) in [4.78, 5) is -0.157. The highest BCUT2D eigenvalue weighted by molar-refractivity contribution is 7.85. The van der Waals surface area contributed by atoms with E-state index in [-0.39, 0.29) is 4.90 Å². The van der Waals surface area contributed by atoms with Crippen LogP contribution in [0.1, 0.15) is 25.3 Å². The van der Waals surface area contributed by atoms with E-state index in [1.54, 1.807) is 6.21 Å². The number of unbranched alkanes of at least 4 members (excludes halogenated alkanes) is 1. The lowest BCUT2D eigenvalue weighted by molar-refractivity contribution is 0.309. The van der Waals surface area contributed by atoms with Crippen molar-refractivity contribution in [3.8, 4) is 5.75 Å². The van der Waals surface area contributed by atoms with Gasteiger partial charge in [-0.05, 0) is 60.5 Å². The van der Waals surface area contributed by atoms with Crippen LogP contribution >= 0.6 is 0 Å². The second kappa shape index (κ2) is 8.47. The molecule has 0 bridgehead atoms. The van der Waals surface area contributed by atoms with Crippen LogP contribution in [-0.2, 0) is 10.1 Å². The number of hydrogen-bond donors (Lipinski definition) is 2. The number of anilines is 1. The van der Waals surface area contributed by atoms with Crippen molar-refractivity contribution in [2.75, 3.05) is 12.0 Å². The second-order valence-electron chi connectivity index (χ2n) is 5.14. The molecule has 0 amide bonds. The SMILES string of the molecule is CCCCOc1ccc(/C=N\Nc2ccc(S(=O)(=O)O)cc2)cc1. The van der Waals surface area contributed by atoms with Gasteiger partial charge in [0.25, 0.3) is 10.1 Å². The van der Waals surface area contributed by atoms with E-state index in [2.05, 4.69) is 17.5 Å². The summed E-state index contributed by atoms with van der Waals surface area (Å²) in [5.74, 6) is 0.828. The molecule has 6 nitrogen and oxygen atoms in total. The zero-order valence-corrected chi connectivity index (χ0v) is 14.2. The normalized spacial score (nSPS) is 11.6. The molecule has 2 rings (SSSR count). The number of nitrogens with zero attached hydrogens (tertiary/aromatic N) is 1. The Morgan fingerprint density at radius 2 is 1.79 bits per heavy atom. The highest BCUT2D eigenvalue weighted by Crippen LogP contribution is 2.14. The molecule has 0 heterocycles. The number of hydrogen-bond acceptors (Lipinski definition) is 5. The van der Waals surface area contributed by atoms with E-state index in [9.17, 15) is 8.42 Å². The first-order chi connectivity index (χ1) is 11.5. The van der Waals surface area contributed by atoms with E-state index in [0.29, 0.717) is 12.3 Å². The van der Waals surface area contributed by atoms with Gasteiger partial charge in [0.2, 0.25) is 0 Å². The molecule has 0 aromatic heterocycles. The van der Waals surface area contributed by atoms with Crippen molar-refractivity contribution >= 4 is 22.0 Å². The van der Waals surface area contributed by atoms with E-state index >= 15 is 0 Å². The third kappa shape index (κ3) is 5.68. The molecule has 0 unspecified atom stereocenters. The van der Waals surface area contributed by atoms with Crippen molar-refractivity contribution in [1.29, 1.82) is 0 Å². The van der Waals surface area contributed by atoms with Crippen molar-refractivity contribution in [2.45, 2.75) is 24.7 Å². The van der Waals surface area contributed by atoms with Gasteiger partial charge in [0.15, 0.2) is 0 Å². The van der Waals surface area contributed by atoms with Crippen LogP contribution in [0.2, 0.25) is 0 Å². The Balaban J connectivity index is 1.89. The molecular weight excluding hydrogens is 328 g/mol. The summed E-state index contributed by atoms with van der Waals surface area (Å²) in [5.41, 5.74) is 4.30. The fourth-order valence-electron chi connectivity index (χ4n) is 1.87. The summed E-state index contributed by atoms with van der Waals surface area (Å²) in [6.45, 7) is 2.83. The minimum Gasteiger partial charge on any atom is -0.494 e. The lowest BCUT2D eigenvalue weighted by Gasteiger charge is -2.05.